The Morgan fingerprint density at radius 1 is 1.27 bits per heavy atom. The first kappa shape index (κ1) is 11.7. The highest BCUT2D eigenvalue weighted by molar-refractivity contribution is 7.91. The Bertz CT molecular complexity index is 445. The SMILES string of the molecule is Cc1ccc(S(=O)(=O)CCC(=O)[O-])cc1. The minimum atomic E-state index is -3.49. The second-order valence-electron chi connectivity index (χ2n) is 3.25. The Kier molecular flexibility index (Phi) is 3.47. The third-order valence-electron chi connectivity index (χ3n) is 1.96. The molecule has 1 rings (SSSR count). The van der Waals surface area contributed by atoms with Crippen molar-refractivity contribution >= 4 is 15.8 Å². The van der Waals surface area contributed by atoms with Gasteiger partial charge in [0.05, 0.1) is 10.6 Å². The number of hydrogen-bond donors (Lipinski definition) is 0. The number of sulfone groups is 1. The zero-order valence-electron chi connectivity index (χ0n) is 8.26. The van der Waals surface area contributed by atoms with Crippen LogP contribution in [0.1, 0.15) is 12.0 Å². The van der Waals surface area contributed by atoms with E-state index >= 15 is 0 Å². The molecule has 4 nitrogen and oxygen atoms in total. The zero-order valence-corrected chi connectivity index (χ0v) is 9.08. The van der Waals surface area contributed by atoms with Crippen LogP contribution >= 0.6 is 0 Å². The number of carbonyl (C=O) groups is 1. The lowest BCUT2D eigenvalue weighted by Crippen LogP contribution is -2.25. The number of benzene rings is 1. The van der Waals surface area contributed by atoms with Crippen LogP contribution in [0.25, 0.3) is 0 Å². The summed E-state index contributed by atoms with van der Waals surface area (Å²) in [7, 11) is -3.49. The molecule has 0 N–H and O–H groups in total. The van der Waals surface area contributed by atoms with Gasteiger partial charge in [-0.2, -0.15) is 0 Å². The van der Waals surface area contributed by atoms with Crippen molar-refractivity contribution in [1.82, 2.24) is 0 Å². The molecule has 0 aliphatic heterocycles. The molecule has 0 radical (unpaired) electrons. The van der Waals surface area contributed by atoms with Crippen LogP contribution in [-0.2, 0) is 14.6 Å². The van der Waals surface area contributed by atoms with Gasteiger partial charge in [-0.25, -0.2) is 8.42 Å². The van der Waals surface area contributed by atoms with Crippen molar-refractivity contribution in [2.75, 3.05) is 5.75 Å². The van der Waals surface area contributed by atoms with E-state index in [0.29, 0.717) is 0 Å². The maximum atomic E-state index is 11.6. The summed E-state index contributed by atoms with van der Waals surface area (Å²) in [6.45, 7) is 1.84. The van der Waals surface area contributed by atoms with Gasteiger partial charge in [-0.15, -0.1) is 0 Å². The third kappa shape index (κ3) is 3.36. The molecule has 0 bridgehead atoms. The summed E-state index contributed by atoms with van der Waals surface area (Å²) in [6.07, 6.45) is -0.476. The van der Waals surface area contributed by atoms with Gasteiger partial charge < -0.3 is 9.90 Å². The van der Waals surface area contributed by atoms with Crippen LogP contribution in [0.15, 0.2) is 29.2 Å². The summed E-state index contributed by atoms with van der Waals surface area (Å²) in [5, 5.41) is 10.2. The van der Waals surface area contributed by atoms with Gasteiger partial charge in [0, 0.05) is 12.4 Å². The van der Waals surface area contributed by atoms with Crippen molar-refractivity contribution in [2.45, 2.75) is 18.2 Å². The van der Waals surface area contributed by atoms with Crippen molar-refractivity contribution in [3.8, 4) is 0 Å². The zero-order chi connectivity index (χ0) is 11.5. The molecular formula is C10H11O4S-. The molecule has 0 spiro atoms. The molecule has 0 fully saturated rings. The topological polar surface area (TPSA) is 74.3 Å². The normalized spacial score (nSPS) is 11.3. The molecule has 1 aromatic rings. The van der Waals surface area contributed by atoms with Gasteiger partial charge in [0.15, 0.2) is 9.84 Å². The predicted molar refractivity (Wildman–Crippen MR) is 52.9 cm³/mol. The molecule has 1 aromatic carbocycles. The van der Waals surface area contributed by atoms with E-state index in [1.807, 2.05) is 6.92 Å². The maximum absolute atomic E-state index is 11.6. The van der Waals surface area contributed by atoms with Crippen molar-refractivity contribution in [1.29, 1.82) is 0 Å². The van der Waals surface area contributed by atoms with Crippen molar-refractivity contribution in [2.24, 2.45) is 0 Å². The number of aliphatic carboxylic acids is 1. The van der Waals surface area contributed by atoms with E-state index in [-0.39, 0.29) is 4.90 Å². The van der Waals surface area contributed by atoms with Crippen LogP contribution in [0.5, 0.6) is 0 Å². The Morgan fingerprint density at radius 2 is 1.80 bits per heavy atom. The monoisotopic (exact) mass is 227 g/mol. The molecule has 0 heterocycles. The molecule has 0 aliphatic rings. The van der Waals surface area contributed by atoms with E-state index in [1.165, 1.54) is 12.1 Å². The van der Waals surface area contributed by atoms with E-state index in [2.05, 4.69) is 0 Å². The molecule has 0 saturated heterocycles. The van der Waals surface area contributed by atoms with Gasteiger partial charge in [-0.05, 0) is 19.1 Å². The summed E-state index contributed by atoms with van der Waals surface area (Å²) in [5.41, 5.74) is 0.953. The lowest BCUT2D eigenvalue weighted by atomic mass is 10.2. The smallest absolute Gasteiger partial charge is 0.178 e. The van der Waals surface area contributed by atoms with Crippen molar-refractivity contribution < 1.29 is 18.3 Å². The van der Waals surface area contributed by atoms with Crippen LogP contribution in [0.4, 0.5) is 0 Å². The fraction of sp³-hybridized carbons (Fsp3) is 0.300. The Labute approximate surface area is 88.5 Å². The molecule has 0 atom stereocenters. The highest BCUT2D eigenvalue weighted by Crippen LogP contribution is 2.12. The summed E-state index contributed by atoms with van der Waals surface area (Å²) < 4.78 is 23.1. The van der Waals surface area contributed by atoms with Gasteiger partial charge in [0.1, 0.15) is 0 Å². The van der Waals surface area contributed by atoms with Gasteiger partial charge in [-0.3, -0.25) is 0 Å². The van der Waals surface area contributed by atoms with Gasteiger partial charge in [-0.1, -0.05) is 17.7 Å². The van der Waals surface area contributed by atoms with E-state index < -0.39 is 28.0 Å². The van der Waals surface area contributed by atoms with E-state index in [1.54, 1.807) is 12.1 Å². The number of aryl methyl sites for hydroxylation is 1. The summed E-state index contributed by atoms with van der Waals surface area (Å²) in [5.74, 6) is -1.77. The minimum absolute atomic E-state index is 0.148. The highest BCUT2D eigenvalue weighted by atomic mass is 32.2. The first-order valence-electron chi connectivity index (χ1n) is 4.41. The summed E-state index contributed by atoms with van der Waals surface area (Å²) >= 11 is 0. The lowest BCUT2D eigenvalue weighted by Gasteiger charge is -2.05. The van der Waals surface area contributed by atoms with E-state index in [4.69, 9.17) is 0 Å². The molecule has 0 amide bonds. The van der Waals surface area contributed by atoms with Gasteiger partial charge in [0.2, 0.25) is 0 Å². The Balaban J connectivity index is 2.87. The molecular weight excluding hydrogens is 216 g/mol. The largest absolute Gasteiger partial charge is 0.550 e. The number of carboxylic acids is 1. The molecule has 0 unspecified atom stereocenters. The molecule has 0 aromatic heterocycles. The van der Waals surface area contributed by atoms with Crippen molar-refractivity contribution in [3.05, 3.63) is 29.8 Å². The van der Waals surface area contributed by atoms with Crippen molar-refractivity contribution in [3.63, 3.8) is 0 Å². The van der Waals surface area contributed by atoms with Crippen LogP contribution in [0, 0.1) is 6.92 Å². The van der Waals surface area contributed by atoms with Crippen LogP contribution in [-0.4, -0.2) is 20.1 Å². The predicted octanol–water partition coefficient (Wildman–Crippen LogP) is -0.0913. The average Bonchev–Trinajstić information content (AvgIpc) is 2.16. The number of carbonyl (C=O) groups excluding carboxylic acids is 1. The minimum Gasteiger partial charge on any atom is -0.550 e. The van der Waals surface area contributed by atoms with E-state index in [0.717, 1.165) is 5.56 Å². The third-order valence-corrected chi connectivity index (χ3v) is 3.69. The Hall–Kier alpha value is -1.36. The summed E-state index contributed by atoms with van der Waals surface area (Å²) in [6, 6.07) is 6.29. The van der Waals surface area contributed by atoms with Gasteiger partial charge >= 0.3 is 0 Å². The maximum Gasteiger partial charge on any atom is 0.178 e. The summed E-state index contributed by atoms with van der Waals surface area (Å²) in [4.78, 5) is 10.3. The first-order chi connectivity index (χ1) is 6.92. The highest BCUT2D eigenvalue weighted by Gasteiger charge is 2.13. The van der Waals surface area contributed by atoms with Crippen LogP contribution in [0.2, 0.25) is 0 Å². The van der Waals surface area contributed by atoms with Gasteiger partial charge in [0.25, 0.3) is 0 Å². The Morgan fingerprint density at radius 3 is 2.27 bits per heavy atom. The quantitative estimate of drug-likeness (QED) is 0.720. The fourth-order valence-corrected chi connectivity index (χ4v) is 2.30. The fourth-order valence-electron chi connectivity index (χ4n) is 1.08. The molecule has 5 heteroatoms. The number of rotatable bonds is 4. The van der Waals surface area contributed by atoms with Crippen LogP contribution < -0.4 is 5.11 Å². The lowest BCUT2D eigenvalue weighted by molar-refractivity contribution is -0.305. The molecule has 0 saturated carbocycles. The molecule has 15 heavy (non-hydrogen) atoms. The number of carboxylic acid groups (broad SMARTS) is 1. The second kappa shape index (κ2) is 4.44. The second-order valence-corrected chi connectivity index (χ2v) is 5.36. The number of hydrogen-bond acceptors (Lipinski definition) is 4. The average molecular weight is 227 g/mol. The van der Waals surface area contributed by atoms with Crippen LogP contribution in [0.3, 0.4) is 0 Å². The van der Waals surface area contributed by atoms with E-state index in [9.17, 15) is 18.3 Å². The first-order valence-corrected chi connectivity index (χ1v) is 6.06. The molecule has 82 valence electrons. The molecule has 0 aliphatic carbocycles. The standard InChI is InChI=1S/C10H12O4S/c1-8-2-4-9(5-3-8)15(13,14)7-6-10(11)12/h2-5H,6-7H2,1H3,(H,11,12)/p-1.